The van der Waals surface area contributed by atoms with Gasteiger partial charge in [-0.25, -0.2) is 15.5 Å². The van der Waals surface area contributed by atoms with Crippen molar-refractivity contribution in [3.63, 3.8) is 0 Å². The maximum absolute atomic E-state index is 9.93. The van der Waals surface area contributed by atoms with Gasteiger partial charge in [0.25, 0.3) is 0 Å². The summed E-state index contributed by atoms with van der Waals surface area (Å²) in [6, 6.07) is 6.79. The molecular weight excluding hydrogens is 210 g/mol. The molecule has 0 fully saturated rings. The van der Waals surface area contributed by atoms with Gasteiger partial charge in [-0.3, -0.25) is 0 Å². The van der Waals surface area contributed by atoms with E-state index in [1.54, 1.807) is 24.3 Å². The highest BCUT2D eigenvalue weighted by Gasteiger charge is 1.96. The standard InChI is InChI=1S/C7H9N3O3.ClH/c1-13-7-4-2-3-6(5-7)8-9-10(11)12;/h2-5,8-9H,1H3;1H. The van der Waals surface area contributed by atoms with Crippen LogP contribution in [0.4, 0.5) is 5.69 Å². The summed E-state index contributed by atoms with van der Waals surface area (Å²) in [4.78, 5) is 9.93. The van der Waals surface area contributed by atoms with Crippen molar-refractivity contribution in [3.05, 3.63) is 34.4 Å². The Morgan fingerprint density at radius 1 is 1.50 bits per heavy atom. The van der Waals surface area contributed by atoms with Crippen LogP contribution in [0.1, 0.15) is 0 Å². The molecule has 78 valence electrons. The fraction of sp³-hybridized carbons (Fsp3) is 0.143. The molecule has 0 aliphatic carbocycles. The lowest BCUT2D eigenvalue weighted by Gasteiger charge is -2.03. The Labute approximate surface area is 86.8 Å². The molecular formula is C7H10ClN3O3. The molecule has 2 N–H and O–H groups in total. The van der Waals surface area contributed by atoms with Crippen molar-refractivity contribution in [1.82, 2.24) is 5.53 Å². The second-order valence-electron chi connectivity index (χ2n) is 2.23. The number of ether oxygens (including phenoxy) is 1. The first-order valence-corrected chi connectivity index (χ1v) is 3.52. The van der Waals surface area contributed by atoms with Crippen molar-refractivity contribution in [1.29, 1.82) is 0 Å². The Morgan fingerprint density at radius 3 is 2.79 bits per heavy atom. The second kappa shape index (κ2) is 5.87. The van der Waals surface area contributed by atoms with Gasteiger partial charge < -0.3 is 4.74 Å². The third kappa shape index (κ3) is 3.81. The summed E-state index contributed by atoms with van der Waals surface area (Å²) in [5.74, 6) is 0.634. The van der Waals surface area contributed by atoms with Gasteiger partial charge in [0.05, 0.1) is 12.8 Å². The van der Waals surface area contributed by atoms with E-state index in [0.29, 0.717) is 11.4 Å². The maximum atomic E-state index is 9.93. The molecule has 14 heavy (non-hydrogen) atoms. The number of hydrogen-bond acceptors (Lipinski definition) is 4. The van der Waals surface area contributed by atoms with Crippen molar-refractivity contribution in [3.8, 4) is 5.75 Å². The van der Waals surface area contributed by atoms with E-state index < -0.39 is 5.03 Å². The van der Waals surface area contributed by atoms with E-state index in [2.05, 4.69) is 5.43 Å². The minimum absolute atomic E-state index is 0. The Balaban J connectivity index is 0.00000169. The van der Waals surface area contributed by atoms with E-state index in [0.717, 1.165) is 0 Å². The van der Waals surface area contributed by atoms with Crippen LogP contribution in [0.25, 0.3) is 0 Å². The van der Waals surface area contributed by atoms with E-state index in [9.17, 15) is 10.1 Å². The number of methoxy groups -OCH3 is 1. The lowest BCUT2D eigenvalue weighted by atomic mass is 10.3. The van der Waals surface area contributed by atoms with Gasteiger partial charge in [-0.1, -0.05) is 6.07 Å². The summed E-state index contributed by atoms with van der Waals surface area (Å²) in [5.41, 5.74) is 4.79. The minimum Gasteiger partial charge on any atom is -0.497 e. The molecule has 6 nitrogen and oxygen atoms in total. The molecule has 0 aliphatic heterocycles. The summed E-state index contributed by atoms with van der Waals surface area (Å²) < 4.78 is 4.92. The molecule has 0 aliphatic rings. The molecule has 0 aromatic heterocycles. The number of hydrazine groups is 2. The first kappa shape index (κ1) is 12.3. The molecule has 0 heterocycles. The van der Waals surface area contributed by atoms with Crippen molar-refractivity contribution in [2.45, 2.75) is 0 Å². The predicted octanol–water partition coefficient (Wildman–Crippen LogP) is 1.23. The zero-order valence-electron chi connectivity index (χ0n) is 7.39. The monoisotopic (exact) mass is 219 g/mol. The van der Waals surface area contributed by atoms with E-state index in [1.807, 2.05) is 5.53 Å². The molecule has 0 spiro atoms. The summed E-state index contributed by atoms with van der Waals surface area (Å²) >= 11 is 0. The van der Waals surface area contributed by atoms with Crippen molar-refractivity contribution in [2.75, 3.05) is 12.5 Å². The highest BCUT2D eigenvalue weighted by molar-refractivity contribution is 5.85. The van der Waals surface area contributed by atoms with E-state index in [4.69, 9.17) is 4.74 Å². The van der Waals surface area contributed by atoms with Gasteiger partial charge in [0, 0.05) is 6.07 Å². The summed E-state index contributed by atoms with van der Waals surface area (Å²) in [6.07, 6.45) is 0. The fourth-order valence-corrected chi connectivity index (χ4v) is 0.811. The Hall–Kier alpha value is -1.69. The summed E-state index contributed by atoms with van der Waals surface area (Å²) in [5, 5.41) is 9.25. The third-order valence-electron chi connectivity index (χ3n) is 1.36. The number of benzene rings is 1. The Bertz CT molecular complexity index is 308. The van der Waals surface area contributed by atoms with Crippen LogP contribution >= 0.6 is 12.4 Å². The molecule has 7 heteroatoms. The highest BCUT2D eigenvalue weighted by Crippen LogP contribution is 2.15. The van der Waals surface area contributed by atoms with Crippen LogP contribution in [0.2, 0.25) is 0 Å². The molecule has 0 radical (unpaired) electrons. The smallest absolute Gasteiger partial charge is 0.178 e. The second-order valence-corrected chi connectivity index (χ2v) is 2.23. The van der Waals surface area contributed by atoms with E-state index in [1.165, 1.54) is 7.11 Å². The molecule has 0 saturated carbocycles. The SMILES string of the molecule is COc1cccc(NN[N+](=O)[O-])c1.Cl. The first-order valence-electron chi connectivity index (χ1n) is 3.52. The zero-order valence-corrected chi connectivity index (χ0v) is 8.21. The van der Waals surface area contributed by atoms with Crippen molar-refractivity contribution >= 4 is 18.1 Å². The predicted molar refractivity (Wildman–Crippen MR) is 54.0 cm³/mol. The zero-order chi connectivity index (χ0) is 9.68. The van der Waals surface area contributed by atoms with Gasteiger partial charge in [0.2, 0.25) is 0 Å². The number of nitro groups is 1. The van der Waals surface area contributed by atoms with Gasteiger partial charge in [0.15, 0.2) is 5.03 Å². The van der Waals surface area contributed by atoms with Crippen molar-refractivity contribution in [2.24, 2.45) is 0 Å². The minimum atomic E-state index is -0.681. The lowest BCUT2D eigenvalue weighted by molar-refractivity contribution is -0.538. The highest BCUT2D eigenvalue weighted by atomic mass is 35.5. The van der Waals surface area contributed by atoms with Gasteiger partial charge >= 0.3 is 0 Å². The number of anilines is 1. The van der Waals surface area contributed by atoms with Gasteiger partial charge in [-0.15, -0.1) is 12.4 Å². The van der Waals surface area contributed by atoms with Crippen LogP contribution in [0.15, 0.2) is 24.3 Å². The van der Waals surface area contributed by atoms with Crippen molar-refractivity contribution < 1.29 is 9.77 Å². The maximum Gasteiger partial charge on any atom is 0.178 e. The van der Waals surface area contributed by atoms with Crippen LogP contribution in [0.5, 0.6) is 5.75 Å². The van der Waals surface area contributed by atoms with Gasteiger partial charge in [0.1, 0.15) is 5.75 Å². The van der Waals surface area contributed by atoms with Gasteiger partial charge in [-0.2, -0.15) is 0 Å². The fourth-order valence-electron chi connectivity index (χ4n) is 0.811. The van der Waals surface area contributed by atoms with Crippen LogP contribution in [0.3, 0.4) is 0 Å². The quantitative estimate of drug-likeness (QED) is 0.588. The van der Waals surface area contributed by atoms with E-state index >= 15 is 0 Å². The largest absolute Gasteiger partial charge is 0.497 e. The summed E-state index contributed by atoms with van der Waals surface area (Å²) in [7, 11) is 1.53. The molecule has 1 rings (SSSR count). The van der Waals surface area contributed by atoms with Crippen LogP contribution in [-0.2, 0) is 0 Å². The number of hydrogen-bond donors (Lipinski definition) is 2. The molecule has 0 unspecified atom stereocenters. The van der Waals surface area contributed by atoms with Crippen LogP contribution in [0, 0.1) is 10.1 Å². The number of rotatable bonds is 4. The Kier molecular flexibility index (Phi) is 5.16. The summed E-state index contributed by atoms with van der Waals surface area (Å²) in [6.45, 7) is 0. The molecule has 1 aromatic carbocycles. The number of halogens is 1. The third-order valence-corrected chi connectivity index (χ3v) is 1.36. The molecule has 0 saturated heterocycles. The van der Waals surface area contributed by atoms with Crippen LogP contribution in [-0.4, -0.2) is 12.1 Å². The number of nitrogens with zero attached hydrogens (tertiary/aromatic N) is 1. The topological polar surface area (TPSA) is 76.4 Å². The average molecular weight is 220 g/mol. The molecule has 0 atom stereocenters. The lowest BCUT2D eigenvalue weighted by Crippen LogP contribution is -2.27. The molecule has 1 aromatic rings. The van der Waals surface area contributed by atoms with Gasteiger partial charge in [-0.05, 0) is 17.7 Å². The first-order chi connectivity index (χ1) is 6.22. The molecule has 0 amide bonds. The normalized spacial score (nSPS) is 8.36. The van der Waals surface area contributed by atoms with E-state index in [-0.39, 0.29) is 12.4 Å². The van der Waals surface area contributed by atoms with Crippen LogP contribution < -0.4 is 15.7 Å². The number of nitrogens with one attached hydrogen (secondary N) is 2. The average Bonchev–Trinajstić information content (AvgIpc) is 2.15. The Morgan fingerprint density at radius 2 is 2.21 bits per heavy atom. The molecule has 0 bridgehead atoms.